The highest BCUT2D eigenvalue weighted by Gasteiger charge is 2.54. The van der Waals surface area contributed by atoms with Gasteiger partial charge in [-0.1, -0.05) is 73.4 Å². The molecule has 0 aromatic carbocycles. The van der Waals surface area contributed by atoms with Crippen LogP contribution in [0.4, 0.5) is 0 Å². The number of halogens is 4. The third kappa shape index (κ3) is 4.98. The Morgan fingerprint density at radius 3 is 2.35 bits per heavy atom. The molecular formula is C24H30Br4OS2. The Balaban J connectivity index is 1.86. The summed E-state index contributed by atoms with van der Waals surface area (Å²) in [6.45, 7) is 0. The van der Waals surface area contributed by atoms with E-state index in [4.69, 9.17) is 0 Å². The van der Waals surface area contributed by atoms with Gasteiger partial charge in [0.2, 0.25) is 0 Å². The minimum Gasteiger partial charge on any atom is -0.253 e. The van der Waals surface area contributed by atoms with Crippen molar-refractivity contribution in [2.45, 2.75) is 101 Å². The topological polar surface area (TPSA) is 17.1 Å². The first-order chi connectivity index (χ1) is 15.0. The van der Waals surface area contributed by atoms with Crippen molar-refractivity contribution in [1.29, 1.82) is 0 Å². The summed E-state index contributed by atoms with van der Waals surface area (Å²) in [7, 11) is -1.06. The normalized spacial score (nSPS) is 32.7. The fraction of sp³-hybridized carbons (Fsp3) is 0.667. The molecular weight excluding hydrogens is 688 g/mol. The molecule has 0 aliphatic carbocycles. The van der Waals surface area contributed by atoms with Gasteiger partial charge in [-0.2, -0.15) is 0 Å². The Bertz CT molecular complexity index is 904. The number of hydrogen-bond donors (Lipinski definition) is 0. The fourth-order valence-electron chi connectivity index (χ4n) is 5.35. The van der Waals surface area contributed by atoms with Crippen LogP contribution in [0.5, 0.6) is 0 Å². The van der Waals surface area contributed by atoms with E-state index in [1.165, 1.54) is 76.5 Å². The van der Waals surface area contributed by atoms with E-state index in [-0.39, 0.29) is 10.7 Å². The predicted octanol–water partition coefficient (Wildman–Crippen LogP) is 10.4. The molecule has 4 bridgehead atoms. The van der Waals surface area contributed by atoms with Gasteiger partial charge in [-0.3, -0.25) is 4.21 Å². The summed E-state index contributed by atoms with van der Waals surface area (Å²) >= 11 is 17.7. The van der Waals surface area contributed by atoms with Gasteiger partial charge in [0, 0.05) is 33.6 Å². The molecule has 0 N–H and O–H groups in total. The molecule has 0 radical (unpaired) electrons. The van der Waals surface area contributed by atoms with Crippen molar-refractivity contribution in [3.05, 3.63) is 38.6 Å². The zero-order valence-corrected chi connectivity index (χ0v) is 25.8. The summed E-state index contributed by atoms with van der Waals surface area (Å²) < 4.78 is 18.6. The van der Waals surface area contributed by atoms with Gasteiger partial charge in [0.15, 0.2) is 0 Å². The van der Waals surface area contributed by atoms with Crippen LogP contribution in [0.15, 0.2) is 28.9 Å². The van der Waals surface area contributed by atoms with Crippen molar-refractivity contribution in [2.75, 3.05) is 0 Å². The summed E-state index contributed by atoms with van der Waals surface area (Å²) in [5, 5.41) is 0. The third-order valence-corrected chi connectivity index (χ3v) is 16.3. The molecule has 3 aliphatic rings. The van der Waals surface area contributed by atoms with Crippen LogP contribution in [0.25, 0.3) is 0 Å². The Labute approximate surface area is 227 Å². The summed E-state index contributed by atoms with van der Waals surface area (Å²) in [5.74, 6) is 0.254. The molecule has 3 unspecified atom stereocenters. The van der Waals surface area contributed by atoms with Crippen molar-refractivity contribution in [3.8, 4) is 0 Å². The van der Waals surface area contributed by atoms with Gasteiger partial charge in [-0.15, -0.1) is 11.3 Å². The van der Waals surface area contributed by atoms with Crippen LogP contribution in [0, 0.1) is 0 Å². The van der Waals surface area contributed by atoms with E-state index in [0.717, 1.165) is 46.0 Å². The molecule has 1 aromatic rings. The highest BCUT2D eigenvalue weighted by atomic mass is 79.9. The largest absolute Gasteiger partial charge is 0.253 e. The Kier molecular flexibility index (Phi) is 9.26. The van der Waals surface area contributed by atoms with Gasteiger partial charge in [0.05, 0.1) is 20.5 Å². The minimum atomic E-state index is -1.06. The van der Waals surface area contributed by atoms with Crippen molar-refractivity contribution in [3.63, 3.8) is 0 Å². The Morgan fingerprint density at radius 2 is 1.55 bits per heavy atom. The van der Waals surface area contributed by atoms with Gasteiger partial charge in [0.1, 0.15) is 0 Å². The lowest BCUT2D eigenvalue weighted by atomic mass is 9.81. The highest BCUT2D eigenvalue weighted by molar-refractivity contribution is 9.14. The third-order valence-electron chi connectivity index (χ3n) is 7.06. The molecule has 0 saturated heterocycles. The standard InChI is InChI=1S/C24H30Br4OS2/c25-19-17-13-9-5-3-4-8-12-16(22(30-17)21(19)27)24-15-11-7-2-1-6-10-14-18(31(24)29)20(26)23(24)28/h14,16H,1-13,15H2/b18-14-. The lowest BCUT2D eigenvalue weighted by Crippen LogP contribution is -2.39. The summed E-state index contributed by atoms with van der Waals surface area (Å²) in [6.07, 6.45) is 19.0. The van der Waals surface area contributed by atoms with Crippen LogP contribution in [0.1, 0.15) is 99.1 Å². The molecule has 31 heavy (non-hydrogen) atoms. The van der Waals surface area contributed by atoms with Crippen molar-refractivity contribution < 1.29 is 4.21 Å². The van der Waals surface area contributed by atoms with Crippen LogP contribution in [-0.4, -0.2) is 8.96 Å². The van der Waals surface area contributed by atoms with Gasteiger partial charge < -0.3 is 0 Å². The second-order valence-electron chi connectivity index (χ2n) is 9.04. The van der Waals surface area contributed by atoms with Crippen LogP contribution >= 0.6 is 75.1 Å². The molecule has 4 heterocycles. The molecule has 1 nitrogen and oxygen atoms in total. The van der Waals surface area contributed by atoms with Gasteiger partial charge >= 0.3 is 0 Å². The molecule has 0 spiro atoms. The zero-order chi connectivity index (χ0) is 22.0. The molecule has 3 aliphatic heterocycles. The number of allylic oxidation sites excluding steroid dienone is 2. The quantitative estimate of drug-likeness (QED) is 0.283. The average Bonchev–Trinajstić information content (AvgIpc) is 3.09. The van der Waals surface area contributed by atoms with Gasteiger partial charge in [0.25, 0.3) is 0 Å². The van der Waals surface area contributed by atoms with Crippen molar-refractivity contribution in [1.82, 2.24) is 0 Å². The minimum absolute atomic E-state index is 0.254. The van der Waals surface area contributed by atoms with Gasteiger partial charge in [-0.25, -0.2) is 0 Å². The Hall–Kier alpha value is 1.25. The summed E-state index contributed by atoms with van der Waals surface area (Å²) in [5.41, 5.74) is 0. The van der Waals surface area contributed by atoms with E-state index in [9.17, 15) is 4.21 Å². The first-order valence-corrected chi connectivity index (χ1v) is 16.8. The van der Waals surface area contributed by atoms with E-state index in [0.29, 0.717) is 0 Å². The molecule has 4 rings (SSSR count). The molecule has 0 amide bonds. The Morgan fingerprint density at radius 1 is 0.871 bits per heavy atom. The molecule has 172 valence electrons. The van der Waals surface area contributed by atoms with Crippen molar-refractivity contribution in [2.24, 2.45) is 0 Å². The number of hydrogen-bond acceptors (Lipinski definition) is 2. The first-order valence-electron chi connectivity index (χ1n) is 11.6. The fourth-order valence-corrected chi connectivity index (χ4v) is 12.8. The summed E-state index contributed by atoms with van der Waals surface area (Å²) in [6, 6.07) is 0. The maximum Gasteiger partial charge on any atom is 0.0906 e. The van der Waals surface area contributed by atoms with Crippen LogP contribution < -0.4 is 0 Å². The number of thiophene rings is 1. The number of aryl methyl sites for hydroxylation is 1. The van der Waals surface area contributed by atoms with Crippen LogP contribution in [0.3, 0.4) is 0 Å². The molecule has 1 aromatic heterocycles. The maximum atomic E-state index is 14.3. The van der Waals surface area contributed by atoms with Crippen LogP contribution in [0.2, 0.25) is 0 Å². The van der Waals surface area contributed by atoms with E-state index in [1.54, 1.807) is 0 Å². The van der Waals surface area contributed by atoms with Gasteiger partial charge in [-0.05, 0) is 86.3 Å². The second-order valence-corrected chi connectivity index (χ2v) is 15.1. The first kappa shape index (κ1) is 25.3. The van der Waals surface area contributed by atoms with E-state index >= 15 is 0 Å². The molecule has 7 heteroatoms. The monoisotopic (exact) mass is 714 g/mol. The number of fused-ring (bicyclic) bond motifs is 4. The predicted molar refractivity (Wildman–Crippen MR) is 150 cm³/mol. The van der Waals surface area contributed by atoms with E-state index < -0.39 is 10.8 Å². The lowest BCUT2D eigenvalue weighted by Gasteiger charge is -2.37. The zero-order valence-electron chi connectivity index (χ0n) is 17.8. The molecule has 3 atom stereocenters. The molecule has 0 fully saturated rings. The lowest BCUT2D eigenvalue weighted by molar-refractivity contribution is 0.436. The smallest absolute Gasteiger partial charge is 0.0906 e. The average molecular weight is 718 g/mol. The van der Waals surface area contributed by atoms with Crippen molar-refractivity contribution >= 4 is 85.9 Å². The SMILES string of the molecule is O=S1/C2=C\CCCCCCCC1(C1CCCCCCCc3sc1c(Br)c3Br)C(Br)=C2Br. The highest BCUT2D eigenvalue weighted by Crippen LogP contribution is 2.60. The second kappa shape index (κ2) is 11.3. The van der Waals surface area contributed by atoms with E-state index in [1.807, 2.05) is 11.3 Å². The number of rotatable bonds is 1. The van der Waals surface area contributed by atoms with Crippen LogP contribution in [-0.2, 0) is 17.2 Å². The van der Waals surface area contributed by atoms with E-state index in [2.05, 4.69) is 69.8 Å². The maximum absolute atomic E-state index is 14.3. The molecule has 0 saturated carbocycles. The summed E-state index contributed by atoms with van der Waals surface area (Å²) in [4.78, 5) is 3.86.